The third-order valence-electron chi connectivity index (χ3n) is 4.74. The molecule has 1 aliphatic heterocycles. The van der Waals surface area contributed by atoms with Crippen molar-refractivity contribution in [2.45, 2.75) is 18.8 Å². The molecule has 0 saturated carbocycles. The van der Waals surface area contributed by atoms with Crippen LogP contribution in [-0.2, 0) is 4.79 Å². The molecule has 28 heavy (non-hydrogen) atoms. The quantitative estimate of drug-likeness (QED) is 0.686. The minimum atomic E-state index is 0.00747. The van der Waals surface area contributed by atoms with Gasteiger partial charge in [0.25, 0.3) is 0 Å². The van der Waals surface area contributed by atoms with Gasteiger partial charge >= 0.3 is 0 Å². The monoisotopic (exact) mass is 375 g/mol. The zero-order chi connectivity index (χ0) is 19.2. The molecule has 1 fully saturated rings. The van der Waals surface area contributed by atoms with Gasteiger partial charge in [-0.05, 0) is 48.7 Å². The van der Waals surface area contributed by atoms with Crippen LogP contribution in [0, 0.1) is 0 Å². The third-order valence-corrected chi connectivity index (χ3v) is 4.74. The number of pyridine rings is 1. The Labute approximate surface area is 163 Å². The van der Waals surface area contributed by atoms with E-state index in [1.165, 1.54) is 0 Å². The Morgan fingerprint density at radius 2 is 2.14 bits per heavy atom. The van der Waals surface area contributed by atoms with Crippen LogP contribution >= 0.6 is 0 Å². The van der Waals surface area contributed by atoms with Gasteiger partial charge in [0, 0.05) is 43.7 Å². The van der Waals surface area contributed by atoms with E-state index in [9.17, 15) is 4.79 Å². The van der Waals surface area contributed by atoms with E-state index in [-0.39, 0.29) is 11.8 Å². The summed E-state index contributed by atoms with van der Waals surface area (Å²) in [7, 11) is 0. The zero-order valence-electron chi connectivity index (χ0n) is 15.4. The summed E-state index contributed by atoms with van der Waals surface area (Å²) >= 11 is 0. The van der Waals surface area contributed by atoms with Gasteiger partial charge in [-0.15, -0.1) is 0 Å². The maximum atomic E-state index is 12.5. The smallest absolute Gasteiger partial charge is 0.246 e. The van der Waals surface area contributed by atoms with Crippen LogP contribution in [0.25, 0.3) is 6.08 Å². The van der Waals surface area contributed by atoms with Gasteiger partial charge in [0.2, 0.25) is 5.91 Å². The standard InChI is InChI=1S/C21H21N5O2/c27-21(6-5-18-4-2-12-28-18)26-11-1-3-17(15-26)16-7-8-23-19(13-16)25-20-14-22-9-10-24-20/h2,4-10,12-14,17H,1,3,11,15H2,(H,23,24,25)/b6-5+/t17-/m1/s1. The highest BCUT2D eigenvalue weighted by Crippen LogP contribution is 2.28. The highest BCUT2D eigenvalue weighted by Gasteiger charge is 2.24. The van der Waals surface area contributed by atoms with Crippen molar-refractivity contribution in [1.29, 1.82) is 0 Å². The molecule has 4 heterocycles. The number of anilines is 2. The molecule has 1 saturated heterocycles. The molecule has 7 heteroatoms. The maximum Gasteiger partial charge on any atom is 0.246 e. The first-order chi connectivity index (χ1) is 13.8. The van der Waals surface area contributed by atoms with Gasteiger partial charge in [-0.3, -0.25) is 9.78 Å². The van der Waals surface area contributed by atoms with Gasteiger partial charge in [0.1, 0.15) is 17.4 Å². The summed E-state index contributed by atoms with van der Waals surface area (Å²) in [6.45, 7) is 1.46. The number of carbonyl (C=O) groups is 1. The lowest BCUT2D eigenvalue weighted by Crippen LogP contribution is -2.38. The first kappa shape index (κ1) is 17.9. The summed E-state index contributed by atoms with van der Waals surface area (Å²) in [5.74, 6) is 2.33. The number of piperidine rings is 1. The highest BCUT2D eigenvalue weighted by atomic mass is 16.3. The molecule has 1 amide bonds. The van der Waals surface area contributed by atoms with Crippen molar-refractivity contribution in [1.82, 2.24) is 19.9 Å². The molecule has 142 valence electrons. The number of aromatic nitrogens is 3. The number of amides is 1. The molecule has 0 unspecified atom stereocenters. The fourth-order valence-corrected chi connectivity index (χ4v) is 3.36. The summed E-state index contributed by atoms with van der Waals surface area (Å²) < 4.78 is 5.24. The summed E-state index contributed by atoms with van der Waals surface area (Å²) in [5.41, 5.74) is 1.16. The summed E-state index contributed by atoms with van der Waals surface area (Å²) in [6, 6.07) is 7.66. The predicted molar refractivity (Wildman–Crippen MR) is 106 cm³/mol. The zero-order valence-corrected chi connectivity index (χ0v) is 15.4. The van der Waals surface area contributed by atoms with Crippen LogP contribution in [0.1, 0.15) is 30.1 Å². The fraction of sp³-hybridized carbons (Fsp3) is 0.238. The van der Waals surface area contributed by atoms with Gasteiger partial charge in [-0.2, -0.15) is 0 Å². The predicted octanol–water partition coefficient (Wildman–Crippen LogP) is 3.63. The third kappa shape index (κ3) is 4.43. The van der Waals surface area contributed by atoms with Crippen molar-refractivity contribution in [3.05, 3.63) is 72.7 Å². The number of hydrogen-bond acceptors (Lipinski definition) is 6. The molecule has 1 aliphatic rings. The molecule has 0 bridgehead atoms. The topological polar surface area (TPSA) is 84.2 Å². The van der Waals surface area contributed by atoms with Gasteiger partial charge in [0.05, 0.1) is 12.5 Å². The number of nitrogens with zero attached hydrogens (tertiary/aromatic N) is 4. The van der Waals surface area contributed by atoms with E-state index in [0.29, 0.717) is 18.1 Å². The SMILES string of the molecule is O=C(/C=C/c1ccco1)N1CCC[C@@H](c2ccnc(Nc3cnccn3)c2)C1. The van der Waals surface area contributed by atoms with E-state index in [4.69, 9.17) is 4.42 Å². The first-order valence-corrected chi connectivity index (χ1v) is 9.27. The normalized spacial score (nSPS) is 17.0. The minimum absolute atomic E-state index is 0.00747. The van der Waals surface area contributed by atoms with Crippen molar-refractivity contribution in [3.63, 3.8) is 0 Å². The summed E-state index contributed by atoms with van der Waals surface area (Å²) in [5, 5.41) is 3.17. The van der Waals surface area contributed by atoms with Crippen molar-refractivity contribution in [2.24, 2.45) is 0 Å². The van der Waals surface area contributed by atoms with Gasteiger partial charge < -0.3 is 14.6 Å². The Morgan fingerprint density at radius 1 is 1.21 bits per heavy atom. The number of rotatable bonds is 5. The highest BCUT2D eigenvalue weighted by molar-refractivity contribution is 5.91. The molecule has 1 N–H and O–H groups in total. The van der Waals surface area contributed by atoms with Crippen molar-refractivity contribution >= 4 is 23.6 Å². The van der Waals surface area contributed by atoms with E-state index < -0.39 is 0 Å². The first-order valence-electron chi connectivity index (χ1n) is 9.27. The molecular weight excluding hydrogens is 354 g/mol. The van der Waals surface area contributed by atoms with E-state index >= 15 is 0 Å². The largest absolute Gasteiger partial charge is 0.465 e. The molecule has 0 aromatic carbocycles. The van der Waals surface area contributed by atoms with Crippen LogP contribution in [0.4, 0.5) is 11.6 Å². The Hall–Kier alpha value is -3.48. The van der Waals surface area contributed by atoms with Gasteiger partial charge in [0.15, 0.2) is 0 Å². The minimum Gasteiger partial charge on any atom is -0.465 e. The summed E-state index contributed by atoms with van der Waals surface area (Å²) in [4.78, 5) is 27.0. The van der Waals surface area contributed by atoms with E-state index in [1.807, 2.05) is 23.1 Å². The van der Waals surface area contributed by atoms with E-state index in [2.05, 4.69) is 20.3 Å². The lowest BCUT2D eigenvalue weighted by molar-refractivity contribution is -0.127. The van der Waals surface area contributed by atoms with Crippen molar-refractivity contribution in [2.75, 3.05) is 18.4 Å². The molecule has 3 aromatic heterocycles. The van der Waals surface area contributed by atoms with Crippen LogP contribution in [0.3, 0.4) is 0 Å². The number of furan rings is 1. The molecule has 3 aromatic rings. The Bertz CT molecular complexity index is 940. The molecule has 0 spiro atoms. The van der Waals surface area contributed by atoms with Gasteiger partial charge in [-0.1, -0.05) is 0 Å². The average molecular weight is 375 g/mol. The van der Waals surface area contributed by atoms with E-state index in [1.54, 1.807) is 49.3 Å². The van der Waals surface area contributed by atoms with Crippen molar-refractivity contribution < 1.29 is 9.21 Å². The fourth-order valence-electron chi connectivity index (χ4n) is 3.36. The Kier molecular flexibility index (Phi) is 5.42. The summed E-state index contributed by atoms with van der Waals surface area (Å²) in [6.07, 6.45) is 13.6. The van der Waals surface area contributed by atoms with Crippen LogP contribution in [-0.4, -0.2) is 38.8 Å². The molecule has 1 atom stereocenters. The number of carbonyl (C=O) groups excluding carboxylic acids is 1. The number of hydrogen-bond donors (Lipinski definition) is 1. The van der Waals surface area contributed by atoms with Crippen LogP contribution in [0.15, 0.2) is 65.8 Å². The second-order valence-electron chi connectivity index (χ2n) is 6.66. The number of likely N-dealkylation sites (tertiary alicyclic amines) is 1. The van der Waals surface area contributed by atoms with Gasteiger partial charge in [-0.25, -0.2) is 9.97 Å². The Balaban J connectivity index is 1.43. The average Bonchev–Trinajstić information content (AvgIpc) is 3.27. The number of nitrogens with one attached hydrogen (secondary N) is 1. The van der Waals surface area contributed by atoms with Crippen molar-refractivity contribution in [3.8, 4) is 0 Å². The van der Waals surface area contributed by atoms with Crippen LogP contribution in [0.5, 0.6) is 0 Å². The maximum absolute atomic E-state index is 12.5. The Morgan fingerprint density at radius 3 is 2.96 bits per heavy atom. The molecule has 4 rings (SSSR count). The van der Waals surface area contributed by atoms with E-state index in [0.717, 1.165) is 30.8 Å². The second-order valence-corrected chi connectivity index (χ2v) is 6.66. The second kappa shape index (κ2) is 8.47. The lowest BCUT2D eigenvalue weighted by Gasteiger charge is -2.32. The van der Waals surface area contributed by atoms with Crippen LogP contribution in [0.2, 0.25) is 0 Å². The molecule has 7 nitrogen and oxygen atoms in total. The lowest BCUT2D eigenvalue weighted by atomic mass is 9.91. The molecule has 0 aliphatic carbocycles. The molecular formula is C21H21N5O2. The van der Waals surface area contributed by atoms with Crippen LogP contribution < -0.4 is 5.32 Å². The molecule has 0 radical (unpaired) electrons.